The Hall–Kier alpha value is -0.450. The van der Waals surface area contributed by atoms with E-state index >= 15 is 0 Å². The maximum Gasteiger partial charge on any atom is 0.0972 e. The van der Waals surface area contributed by atoms with Crippen LogP contribution in [0.3, 0.4) is 0 Å². The zero-order valence-corrected chi connectivity index (χ0v) is 10.4. The van der Waals surface area contributed by atoms with E-state index in [0.29, 0.717) is 11.8 Å². The Labute approximate surface area is 101 Å². The zero-order valence-electron chi connectivity index (χ0n) is 9.54. The van der Waals surface area contributed by atoms with E-state index in [1.54, 1.807) is 0 Å². The Bertz CT molecular complexity index is 338. The van der Waals surface area contributed by atoms with Crippen LogP contribution in [0.2, 0.25) is 0 Å². The molecule has 3 rings (SSSR count). The summed E-state index contributed by atoms with van der Waals surface area (Å²) in [6, 6.07) is 0. The molecular weight excluding hydrogens is 218 g/mol. The molecule has 2 aliphatic heterocycles. The number of rotatable bonds is 2. The summed E-state index contributed by atoms with van der Waals surface area (Å²) in [6.07, 6.45) is 3.78. The lowest BCUT2D eigenvalue weighted by Gasteiger charge is -2.20. The lowest BCUT2D eigenvalue weighted by atomic mass is 9.95. The molecule has 0 radical (unpaired) electrons. The van der Waals surface area contributed by atoms with Crippen molar-refractivity contribution in [3.63, 3.8) is 0 Å². The van der Waals surface area contributed by atoms with Gasteiger partial charge >= 0.3 is 0 Å². The number of hydrogen-bond donors (Lipinski definition) is 2. The Morgan fingerprint density at radius 3 is 2.56 bits per heavy atom. The molecule has 0 amide bonds. The van der Waals surface area contributed by atoms with Crippen LogP contribution < -0.4 is 10.6 Å². The van der Waals surface area contributed by atoms with Gasteiger partial charge < -0.3 is 10.6 Å². The highest BCUT2D eigenvalue weighted by Crippen LogP contribution is 2.31. The highest BCUT2D eigenvalue weighted by molar-refractivity contribution is 7.09. The summed E-state index contributed by atoms with van der Waals surface area (Å²) in [6.45, 7) is 4.59. The van der Waals surface area contributed by atoms with Crippen LogP contribution >= 0.6 is 11.3 Å². The standard InChI is InChI=1S/C12H19N3S/c1-4-13-5-2-9(1)11-8-16-12(15-11)10-3-6-14-7-10/h8-10,13-14H,1-7H2. The largest absolute Gasteiger partial charge is 0.317 e. The fourth-order valence-corrected chi connectivity index (χ4v) is 3.70. The maximum absolute atomic E-state index is 4.87. The summed E-state index contributed by atoms with van der Waals surface area (Å²) in [5.74, 6) is 1.39. The molecule has 2 N–H and O–H groups in total. The van der Waals surface area contributed by atoms with Gasteiger partial charge in [0.05, 0.1) is 10.7 Å². The summed E-state index contributed by atoms with van der Waals surface area (Å²) in [7, 11) is 0. The Morgan fingerprint density at radius 1 is 1.06 bits per heavy atom. The predicted octanol–water partition coefficient (Wildman–Crippen LogP) is 1.69. The highest BCUT2D eigenvalue weighted by atomic mass is 32.1. The van der Waals surface area contributed by atoms with E-state index in [-0.39, 0.29) is 0 Å². The van der Waals surface area contributed by atoms with Crippen molar-refractivity contribution in [3.05, 3.63) is 16.1 Å². The molecule has 1 aromatic rings. The average molecular weight is 237 g/mol. The molecule has 2 fully saturated rings. The smallest absolute Gasteiger partial charge is 0.0972 e. The summed E-state index contributed by atoms with van der Waals surface area (Å²) in [5, 5.41) is 10.5. The van der Waals surface area contributed by atoms with E-state index in [9.17, 15) is 0 Å². The molecule has 2 saturated heterocycles. The van der Waals surface area contributed by atoms with Gasteiger partial charge in [-0.05, 0) is 38.9 Å². The van der Waals surface area contributed by atoms with E-state index in [1.807, 2.05) is 11.3 Å². The lowest BCUT2D eigenvalue weighted by molar-refractivity contribution is 0.453. The van der Waals surface area contributed by atoms with E-state index in [0.717, 1.165) is 26.2 Å². The molecule has 16 heavy (non-hydrogen) atoms. The molecule has 0 spiro atoms. The van der Waals surface area contributed by atoms with Gasteiger partial charge in [-0.2, -0.15) is 0 Å². The van der Waals surface area contributed by atoms with Gasteiger partial charge in [-0.15, -0.1) is 11.3 Å². The van der Waals surface area contributed by atoms with Gasteiger partial charge in [0, 0.05) is 23.8 Å². The van der Waals surface area contributed by atoms with E-state index in [4.69, 9.17) is 4.98 Å². The minimum atomic E-state index is 0.681. The second-order valence-electron chi connectivity index (χ2n) is 4.82. The molecular formula is C12H19N3S. The number of nitrogens with zero attached hydrogens (tertiary/aromatic N) is 1. The molecule has 88 valence electrons. The fraction of sp³-hybridized carbons (Fsp3) is 0.750. The second-order valence-corrected chi connectivity index (χ2v) is 5.71. The first-order valence-electron chi connectivity index (χ1n) is 6.30. The Kier molecular flexibility index (Phi) is 3.22. The summed E-state index contributed by atoms with van der Waals surface area (Å²) >= 11 is 1.87. The SMILES string of the molecule is c1sc(C2CCNC2)nc1C1CCNCC1. The number of piperidine rings is 1. The van der Waals surface area contributed by atoms with Gasteiger partial charge in [0.2, 0.25) is 0 Å². The Morgan fingerprint density at radius 2 is 1.81 bits per heavy atom. The molecule has 1 aromatic heterocycles. The van der Waals surface area contributed by atoms with Crippen LogP contribution in [-0.2, 0) is 0 Å². The number of aromatic nitrogens is 1. The molecule has 0 aliphatic carbocycles. The molecule has 1 unspecified atom stereocenters. The van der Waals surface area contributed by atoms with E-state index < -0.39 is 0 Å². The van der Waals surface area contributed by atoms with Crippen LogP contribution in [0.4, 0.5) is 0 Å². The third kappa shape index (κ3) is 2.14. The summed E-state index contributed by atoms with van der Waals surface area (Å²) in [5.41, 5.74) is 1.36. The molecule has 0 aromatic carbocycles. The number of nitrogens with one attached hydrogen (secondary N) is 2. The quantitative estimate of drug-likeness (QED) is 0.822. The van der Waals surface area contributed by atoms with Gasteiger partial charge in [-0.1, -0.05) is 0 Å². The summed E-state index contributed by atoms with van der Waals surface area (Å²) < 4.78 is 0. The zero-order chi connectivity index (χ0) is 10.8. The fourth-order valence-electron chi connectivity index (χ4n) is 2.66. The second kappa shape index (κ2) is 4.82. The molecule has 4 heteroatoms. The normalized spacial score (nSPS) is 27.4. The van der Waals surface area contributed by atoms with Crippen molar-refractivity contribution in [2.45, 2.75) is 31.1 Å². The molecule has 2 aliphatic rings. The van der Waals surface area contributed by atoms with Crippen molar-refractivity contribution >= 4 is 11.3 Å². The first-order chi connectivity index (χ1) is 7.93. The van der Waals surface area contributed by atoms with Crippen molar-refractivity contribution in [2.24, 2.45) is 0 Å². The maximum atomic E-state index is 4.87. The van der Waals surface area contributed by atoms with Crippen LogP contribution in [0, 0.1) is 0 Å². The van der Waals surface area contributed by atoms with Crippen LogP contribution in [0.25, 0.3) is 0 Å². The van der Waals surface area contributed by atoms with Crippen molar-refractivity contribution in [3.8, 4) is 0 Å². The van der Waals surface area contributed by atoms with Crippen LogP contribution in [0.1, 0.15) is 41.8 Å². The van der Waals surface area contributed by atoms with Crippen molar-refractivity contribution < 1.29 is 0 Å². The molecule has 1 atom stereocenters. The predicted molar refractivity (Wildman–Crippen MR) is 67.2 cm³/mol. The third-order valence-corrected chi connectivity index (χ3v) is 4.73. The molecule has 3 nitrogen and oxygen atoms in total. The average Bonchev–Trinajstić information content (AvgIpc) is 3.01. The molecule has 0 bridgehead atoms. The third-order valence-electron chi connectivity index (χ3n) is 3.71. The first-order valence-corrected chi connectivity index (χ1v) is 7.18. The van der Waals surface area contributed by atoms with Gasteiger partial charge in [0.15, 0.2) is 0 Å². The molecule has 0 saturated carbocycles. The van der Waals surface area contributed by atoms with Crippen molar-refractivity contribution in [1.29, 1.82) is 0 Å². The van der Waals surface area contributed by atoms with Gasteiger partial charge in [0.25, 0.3) is 0 Å². The minimum absolute atomic E-state index is 0.681. The minimum Gasteiger partial charge on any atom is -0.317 e. The van der Waals surface area contributed by atoms with Gasteiger partial charge in [-0.3, -0.25) is 0 Å². The number of hydrogen-bond acceptors (Lipinski definition) is 4. The lowest BCUT2D eigenvalue weighted by Crippen LogP contribution is -2.26. The highest BCUT2D eigenvalue weighted by Gasteiger charge is 2.23. The van der Waals surface area contributed by atoms with Crippen molar-refractivity contribution in [1.82, 2.24) is 15.6 Å². The van der Waals surface area contributed by atoms with Crippen LogP contribution in [-0.4, -0.2) is 31.2 Å². The van der Waals surface area contributed by atoms with Crippen LogP contribution in [0.15, 0.2) is 5.38 Å². The van der Waals surface area contributed by atoms with E-state index in [1.165, 1.54) is 30.0 Å². The van der Waals surface area contributed by atoms with Crippen molar-refractivity contribution in [2.75, 3.05) is 26.2 Å². The number of thiazole rings is 1. The van der Waals surface area contributed by atoms with E-state index in [2.05, 4.69) is 16.0 Å². The summed E-state index contributed by atoms with van der Waals surface area (Å²) in [4.78, 5) is 4.87. The van der Waals surface area contributed by atoms with Gasteiger partial charge in [-0.25, -0.2) is 4.98 Å². The monoisotopic (exact) mass is 237 g/mol. The van der Waals surface area contributed by atoms with Gasteiger partial charge in [0.1, 0.15) is 0 Å². The Balaban J connectivity index is 1.71. The first kappa shape index (κ1) is 10.7. The topological polar surface area (TPSA) is 37.0 Å². The molecule has 3 heterocycles. The van der Waals surface area contributed by atoms with Crippen LogP contribution in [0.5, 0.6) is 0 Å².